The Balaban J connectivity index is 0.000000224. The highest BCUT2D eigenvalue weighted by atomic mass is 16.6. The summed E-state index contributed by atoms with van der Waals surface area (Å²) in [7, 11) is 0. The minimum Gasteiger partial charge on any atom is -0.508 e. The summed E-state index contributed by atoms with van der Waals surface area (Å²) in [5.74, 6) is -4.67. The van der Waals surface area contributed by atoms with Crippen LogP contribution >= 0.6 is 0 Å². The molecule has 0 amide bonds. The van der Waals surface area contributed by atoms with Crippen LogP contribution in [-0.2, 0) is 34.9 Å². The van der Waals surface area contributed by atoms with Crippen molar-refractivity contribution in [3.63, 3.8) is 0 Å². The molecule has 25 nitrogen and oxygen atoms in total. The van der Waals surface area contributed by atoms with E-state index in [1.54, 1.807) is 52.0 Å². The Morgan fingerprint density at radius 1 is 0.252 bits per heavy atom. The molecule has 0 saturated carbocycles. The number of benzene rings is 5. The van der Waals surface area contributed by atoms with Crippen LogP contribution in [0.4, 0.5) is 0 Å². The first kappa shape index (κ1) is 93.8. The lowest BCUT2D eigenvalue weighted by molar-refractivity contribution is -0.119. The highest BCUT2D eigenvalue weighted by Crippen LogP contribution is 2.36. The number of carbonyl (C=O) groups is 6. The Bertz CT molecular complexity index is 3850. The molecule has 0 saturated heterocycles. The first-order valence-corrected chi connectivity index (χ1v) is 40.6. The fourth-order valence-corrected chi connectivity index (χ4v) is 14.0. The molecule has 0 fully saturated rings. The predicted octanol–water partition coefficient (Wildman–Crippen LogP) is 17.0. The third-order valence-electron chi connectivity index (χ3n) is 20.2. The minimum absolute atomic E-state index is 0.0547. The van der Waals surface area contributed by atoms with Crippen molar-refractivity contribution in [2.24, 2.45) is 0 Å². The molecule has 0 unspecified atom stereocenters. The summed E-state index contributed by atoms with van der Waals surface area (Å²) in [6.45, 7) is 8.96. The lowest BCUT2D eigenvalue weighted by Gasteiger charge is -2.18. The normalized spacial score (nSPS) is 24.3. The second kappa shape index (κ2) is 49.0. The molecule has 630 valence electrons. The van der Waals surface area contributed by atoms with E-state index in [1.165, 1.54) is 36.4 Å². The van der Waals surface area contributed by atoms with Crippen molar-refractivity contribution >= 4 is 59.9 Å². The molecule has 0 bridgehead atoms. The first-order valence-electron chi connectivity index (χ1n) is 40.6. The number of Topliss-reactive ketones (excluding diaryl/α,β-unsaturated/α-hetero) is 1. The van der Waals surface area contributed by atoms with Gasteiger partial charge >= 0.3 is 29.8 Å². The average Bonchev–Trinajstić information content (AvgIpc) is 0.846. The van der Waals surface area contributed by atoms with Crippen molar-refractivity contribution < 1.29 is 124 Å². The molecule has 5 aromatic carbocycles. The quantitative estimate of drug-likeness (QED) is 0.0506. The Morgan fingerprint density at radius 3 is 0.809 bits per heavy atom. The molecular weight excluding hydrogens is 1480 g/mol. The van der Waals surface area contributed by atoms with Crippen LogP contribution < -0.4 is 0 Å². The minimum atomic E-state index is -0.627. The van der Waals surface area contributed by atoms with Crippen LogP contribution in [0.2, 0.25) is 0 Å². The van der Waals surface area contributed by atoms with Gasteiger partial charge in [-0.2, -0.15) is 0 Å². The number of rotatable bonds is 0. The monoisotopic (exact) mass is 1600 g/mol. The number of fused-ring (bicyclic) bond motifs is 5. The van der Waals surface area contributed by atoms with E-state index in [9.17, 15) is 100 Å². The van der Waals surface area contributed by atoms with Gasteiger partial charge in [0.15, 0.2) is 0 Å². The number of hydrogen-bond donors (Lipinski definition) is 14. The third kappa shape index (κ3) is 33.3. The maximum atomic E-state index is 12.4. The standard InChI is InChI=1S/C18H26O5.3C18H24O5.C18H22O5/c5*1-12-6-5-9-14(19)8-4-2-3-7-13-10-15(20)11-16(21)17(13)18(22)23-12/h10-12,14,19-21H,2-9H2,1H3;3*3,7,10-12,14,19-21H,2,4-6,8-9H2,1H3;3,7,10-12,20-21H,2,4-6,8-9H2,1H3/b;4*7-3+/t2*12-,14+;2*12-,14-;12-/m00000/s1. The van der Waals surface area contributed by atoms with E-state index in [0.717, 1.165) is 146 Å². The fourth-order valence-electron chi connectivity index (χ4n) is 14.0. The summed E-state index contributed by atoms with van der Waals surface area (Å²) >= 11 is 0. The van der Waals surface area contributed by atoms with Gasteiger partial charge in [0.25, 0.3) is 0 Å². The topological polar surface area (TPSA) is 432 Å². The number of aliphatic hydroxyl groups excluding tert-OH is 4. The SMILES string of the molecule is C[C@H]1CCCC(=O)CCC/C=C/c2cc(O)cc(O)c2C(=O)O1.C[C@H]1CCC[C@@H](O)CCC/C=C/c2cc(O)cc(O)c2C(=O)O1.C[C@H]1CCC[C@@H](O)CCC/C=C/c2cc(O)cc(O)c2C(=O)O1.C[C@H]1CCC[C@H](O)CCC/C=C/c2cc(O)cc(O)c2C(=O)O1.C[C@H]1CCC[C@H](O)CCCCCc2cc(O)cc(O)c2C(=O)O1. The molecule has 5 aliphatic rings. The number of phenols is 10. The number of ether oxygens (including phenoxy) is 5. The number of esters is 5. The number of ketones is 1. The number of aryl methyl sites for hydroxylation is 1. The van der Waals surface area contributed by atoms with Crippen LogP contribution in [0.3, 0.4) is 0 Å². The van der Waals surface area contributed by atoms with Gasteiger partial charge in [-0.3, -0.25) is 4.79 Å². The smallest absolute Gasteiger partial charge is 0.342 e. The van der Waals surface area contributed by atoms with Gasteiger partial charge in [-0.1, -0.05) is 61.4 Å². The summed E-state index contributed by atoms with van der Waals surface area (Å²) in [5.41, 5.74) is 2.73. The van der Waals surface area contributed by atoms with Crippen LogP contribution in [0.15, 0.2) is 85.0 Å². The number of aromatic hydroxyl groups is 10. The van der Waals surface area contributed by atoms with E-state index in [0.29, 0.717) is 111 Å². The van der Waals surface area contributed by atoms with Gasteiger partial charge in [0, 0.05) is 43.2 Å². The van der Waals surface area contributed by atoms with E-state index in [-0.39, 0.29) is 146 Å². The molecular formula is C90H120O25. The maximum Gasteiger partial charge on any atom is 0.342 e. The van der Waals surface area contributed by atoms with Crippen molar-refractivity contribution in [3.8, 4) is 57.5 Å². The Hall–Kier alpha value is -10.1. The number of cyclic esters (lactones) is 5. The Labute approximate surface area is 673 Å². The van der Waals surface area contributed by atoms with Crippen LogP contribution in [0.5, 0.6) is 57.5 Å². The molecule has 0 spiro atoms. The van der Waals surface area contributed by atoms with Gasteiger partial charge in [0.05, 0.1) is 54.9 Å². The van der Waals surface area contributed by atoms with Crippen LogP contribution in [0, 0.1) is 0 Å². The molecule has 115 heavy (non-hydrogen) atoms. The first-order chi connectivity index (χ1) is 54.8. The second-order valence-corrected chi connectivity index (χ2v) is 30.5. The van der Waals surface area contributed by atoms with Crippen molar-refractivity contribution in [1.29, 1.82) is 0 Å². The lowest BCUT2D eigenvalue weighted by atomic mass is 9.97. The summed E-state index contributed by atoms with van der Waals surface area (Å²) in [5, 5.41) is 138. The molecule has 5 aliphatic heterocycles. The van der Waals surface area contributed by atoms with Gasteiger partial charge in [-0.05, 0) is 273 Å². The zero-order chi connectivity index (χ0) is 84.1. The molecule has 0 aliphatic carbocycles. The molecule has 5 heterocycles. The molecule has 0 radical (unpaired) electrons. The second-order valence-electron chi connectivity index (χ2n) is 30.5. The zero-order valence-electron chi connectivity index (χ0n) is 67.0. The maximum absolute atomic E-state index is 12.4. The molecule has 0 aromatic heterocycles. The summed E-state index contributed by atoms with van der Waals surface area (Å²) < 4.78 is 26.9. The van der Waals surface area contributed by atoms with Crippen LogP contribution in [-0.4, -0.2) is 162 Å². The number of hydrogen-bond acceptors (Lipinski definition) is 25. The van der Waals surface area contributed by atoms with Crippen molar-refractivity contribution in [2.45, 2.75) is 295 Å². The summed E-state index contributed by atoms with van der Waals surface area (Å²) in [4.78, 5) is 73.4. The van der Waals surface area contributed by atoms with Crippen LogP contribution in [0.25, 0.3) is 24.3 Å². The van der Waals surface area contributed by atoms with E-state index < -0.39 is 29.8 Å². The Morgan fingerprint density at radius 2 is 0.496 bits per heavy atom. The zero-order valence-corrected chi connectivity index (χ0v) is 67.0. The van der Waals surface area contributed by atoms with E-state index >= 15 is 0 Å². The highest BCUT2D eigenvalue weighted by Gasteiger charge is 2.28. The van der Waals surface area contributed by atoms with E-state index in [4.69, 9.17) is 23.7 Å². The fraction of sp³-hybridized carbons (Fsp3) is 0.511. The van der Waals surface area contributed by atoms with Crippen molar-refractivity contribution in [1.82, 2.24) is 0 Å². The molecule has 10 rings (SSSR count). The number of carbonyl (C=O) groups excluding carboxylic acids is 6. The molecule has 25 heteroatoms. The largest absolute Gasteiger partial charge is 0.508 e. The van der Waals surface area contributed by atoms with Crippen molar-refractivity contribution in [3.05, 3.63) is 141 Å². The molecule has 5 aromatic rings. The average molecular weight is 1600 g/mol. The highest BCUT2D eigenvalue weighted by molar-refractivity contribution is 6.00. The summed E-state index contributed by atoms with van der Waals surface area (Å²) in [6, 6.07) is 12.9. The van der Waals surface area contributed by atoms with Crippen LogP contribution in [0.1, 0.15) is 313 Å². The predicted molar refractivity (Wildman–Crippen MR) is 435 cm³/mol. The Kier molecular flexibility index (Phi) is 39.9. The van der Waals surface area contributed by atoms with E-state index in [1.807, 2.05) is 31.2 Å². The number of aliphatic hydroxyl groups is 4. The van der Waals surface area contributed by atoms with Gasteiger partial charge < -0.3 is 95.2 Å². The summed E-state index contributed by atoms with van der Waals surface area (Å²) in [6.07, 6.45) is 34.7. The van der Waals surface area contributed by atoms with Crippen molar-refractivity contribution in [2.75, 3.05) is 0 Å². The van der Waals surface area contributed by atoms with E-state index in [2.05, 4.69) is 0 Å². The lowest BCUT2D eigenvalue weighted by Crippen LogP contribution is -2.18. The molecule has 9 atom stereocenters. The van der Waals surface area contributed by atoms with Gasteiger partial charge in [0.2, 0.25) is 0 Å². The van der Waals surface area contributed by atoms with Gasteiger partial charge in [-0.25, -0.2) is 24.0 Å². The number of phenolic OH excluding ortho intramolecular Hbond substituents is 10. The number of allylic oxidation sites excluding steroid dienone is 4. The molecule has 14 N–H and O–H groups in total. The third-order valence-corrected chi connectivity index (χ3v) is 20.2. The van der Waals surface area contributed by atoms with Gasteiger partial charge in [-0.15, -0.1) is 0 Å². The van der Waals surface area contributed by atoms with Gasteiger partial charge in [0.1, 0.15) is 91.1 Å².